The van der Waals surface area contributed by atoms with Crippen LogP contribution in [0, 0.1) is 0 Å². The van der Waals surface area contributed by atoms with Gasteiger partial charge in [0.2, 0.25) is 0 Å². The average molecular weight is 243 g/mol. The van der Waals surface area contributed by atoms with Gasteiger partial charge in [0.25, 0.3) is 0 Å². The zero-order valence-corrected chi connectivity index (χ0v) is 10.6. The second-order valence-electron chi connectivity index (χ2n) is 3.64. The van der Waals surface area contributed by atoms with Gasteiger partial charge in [-0.05, 0) is 6.92 Å². The van der Waals surface area contributed by atoms with Gasteiger partial charge >= 0.3 is 0 Å². The highest BCUT2D eigenvalue weighted by Gasteiger charge is 2.23. The van der Waals surface area contributed by atoms with Gasteiger partial charge in [-0.3, -0.25) is 4.68 Å². The first kappa shape index (κ1) is 11.4. The summed E-state index contributed by atoms with van der Waals surface area (Å²) in [6.07, 6.45) is 3.98. The minimum Gasteiger partial charge on any atom is -0.323 e. The SMILES string of the molecule is CCn1cc(C(N)C2CSCCS2)cn1. The van der Waals surface area contributed by atoms with Gasteiger partial charge in [-0.2, -0.15) is 28.6 Å². The number of aryl methyl sites for hydroxylation is 1. The van der Waals surface area contributed by atoms with Crippen molar-refractivity contribution in [3.05, 3.63) is 18.0 Å². The zero-order valence-electron chi connectivity index (χ0n) is 8.93. The summed E-state index contributed by atoms with van der Waals surface area (Å²) in [5, 5.41) is 4.83. The van der Waals surface area contributed by atoms with Crippen LogP contribution in [0.5, 0.6) is 0 Å². The van der Waals surface area contributed by atoms with Crippen molar-refractivity contribution in [2.24, 2.45) is 5.73 Å². The Labute approximate surface area is 99.2 Å². The van der Waals surface area contributed by atoms with Crippen molar-refractivity contribution in [2.45, 2.75) is 24.8 Å². The summed E-state index contributed by atoms with van der Waals surface area (Å²) in [6, 6.07) is 0.142. The van der Waals surface area contributed by atoms with Crippen LogP contribution < -0.4 is 5.73 Å². The Morgan fingerprint density at radius 3 is 3.13 bits per heavy atom. The quantitative estimate of drug-likeness (QED) is 0.878. The molecule has 0 aliphatic carbocycles. The van der Waals surface area contributed by atoms with Crippen LogP contribution in [0.4, 0.5) is 0 Å². The molecule has 1 saturated heterocycles. The highest BCUT2D eigenvalue weighted by molar-refractivity contribution is 8.06. The summed E-state index contributed by atoms with van der Waals surface area (Å²) in [7, 11) is 0. The third-order valence-electron chi connectivity index (χ3n) is 2.60. The fourth-order valence-electron chi connectivity index (χ4n) is 1.65. The third-order valence-corrected chi connectivity index (χ3v) is 5.49. The largest absolute Gasteiger partial charge is 0.323 e. The lowest BCUT2D eigenvalue weighted by molar-refractivity contribution is 0.655. The Kier molecular flexibility index (Phi) is 3.99. The van der Waals surface area contributed by atoms with Gasteiger partial charge in [-0.25, -0.2) is 0 Å². The maximum absolute atomic E-state index is 6.25. The molecule has 0 amide bonds. The van der Waals surface area contributed by atoms with Crippen molar-refractivity contribution in [2.75, 3.05) is 17.3 Å². The highest BCUT2D eigenvalue weighted by Crippen LogP contribution is 2.31. The van der Waals surface area contributed by atoms with E-state index < -0.39 is 0 Å². The standard InChI is InChI=1S/C10H17N3S2/c1-2-13-6-8(5-12-13)10(11)9-7-14-3-4-15-9/h5-6,9-10H,2-4,7,11H2,1H3. The third kappa shape index (κ3) is 2.71. The van der Waals surface area contributed by atoms with Crippen LogP contribution in [-0.2, 0) is 6.54 Å². The number of rotatable bonds is 3. The molecule has 0 aromatic carbocycles. The van der Waals surface area contributed by atoms with Crippen molar-refractivity contribution < 1.29 is 0 Å². The van der Waals surface area contributed by atoms with Crippen LogP contribution in [0.3, 0.4) is 0 Å². The maximum Gasteiger partial charge on any atom is 0.0537 e. The molecule has 1 aromatic rings. The van der Waals surface area contributed by atoms with Crippen molar-refractivity contribution in [3.63, 3.8) is 0 Å². The monoisotopic (exact) mass is 243 g/mol. The van der Waals surface area contributed by atoms with E-state index in [1.165, 1.54) is 22.8 Å². The molecule has 1 aliphatic rings. The van der Waals surface area contributed by atoms with Crippen LogP contribution in [0.2, 0.25) is 0 Å². The van der Waals surface area contributed by atoms with Gasteiger partial charge in [0, 0.05) is 46.9 Å². The predicted molar refractivity (Wildman–Crippen MR) is 68.4 cm³/mol. The van der Waals surface area contributed by atoms with Gasteiger partial charge in [0.05, 0.1) is 6.20 Å². The van der Waals surface area contributed by atoms with E-state index in [4.69, 9.17) is 5.73 Å². The second kappa shape index (κ2) is 5.27. The van der Waals surface area contributed by atoms with Crippen molar-refractivity contribution in [3.8, 4) is 0 Å². The maximum atomic E-state index is 6.25. The topological polar surface area (TPSA) is 43.8 Å². The minimum absolute atomic E-state index is 0.142. The van der Waals surface area contributed by atoms with E-state index in [0.717, 1.165) is 6.54 Å². The predicted octanol–water partition coefficient (Wildman–Crippen LogP) is 1.75. The van der Waals surface area contributed by atoms with E-state index in [9.17, 15) is 0 Å². The molecule has 3 nitrogen and oxygen atoms in total. The molecule has 1 aromatic heterocycles. The molecule has 0 bridgehead atoms. The van der Waals surface area contributed by atoms with Crippen molar-refractivity contribution >= 4 is 23.5 Å². The Morgan fingerprint density at radius 2 is 2.53 bits per heavy atom. The molecule has 0 radical (unpaired) electrons. The first-order valence-corrected chi connectivity index (χ1v) is 7.49. The summed E-state index contributed by atoms with van der Waals surface area (Å²) < 4.78 is 1.94. The molecule has 5 heteroatoms. The minimum atomic E-state index is 0.142. The number of nitrogens with zero attached hydrogens (tertiary/aromatic N) is 2. The molecule has 1 fully saturated rings. The molecule has 15 heavy (non-hydrogen) atoms. The van der Waals surface area contributed by atoms with E-state index in [1.807, 2.05) is 34.4 Å². The Morgan fingerprint density at radius 1 is 1.67 bits per heavy atom. The summed E-state index contributed by atoms with van der Waals surface area (Å²) >= 11 is 4.01. The Hall–Kier alpha value is -0.130. The first-order chi connectivity index (χ1) is 7.31. The van der Waals surface area contributed by atoms with Crippen LogP contribution in [0.15, 0.2) is 12.4 Å². The Bertz CT molecular complexity index is 307. The second-order valence-corrected chi connectivity index (χ2v) is 6.14. The molecule has 0 spiro atoms. The summed E-state index contributed by atoms with van der Waals surface area (Å²) in [4.78, 5) is 0. The molecular formula is C10H17N3S2. The van der Waals surface area contributed by atoms with E-state index >= 15 is 0 Å². The molecule has 2 unspecified atom stereocenters. The van der Waals surface area contributed by atoms with Gasteiger partial charge in [0.1, 0.15) is 0 Å². The van der Waals surface area contributed by atoms with Crippen LogP contribution in [0.1, 0.15) is 18.5 Å². The first-order valence-electron chi connectivity index (χ1n) is 5.28. The summed E-state index contributed by atoms with van der Waals surface area (Å²) in [5.41, 5.74) is 7.43. The fraction of sp³-hybridized carbons (Fsp3) is 0.700. The molecule has 84 valence electrons. The highest BCUT2D eigenvalue weighted by atomic mass is 32.2. The number of nitrogens with two attached hydrogens (primary N) is 1. The van der Waals surface area contributed by atoms with Gasteiger partial charge in [-0.15, -0.1) is 0 Å². The number of thioether (sulfide) groups is 2. The molecule has 2 atom stereocenters. The van der Waals surface area contributed by atoms with E-state index in [1.54, 1.807) is 0 Å². The van der Waals surface area contributed by atoms with E-state index in [0.29, 0.717) is 5.25 Å². The molecule has 1 aliphatic heterocycles. The average Bonchev–Trinajstić information content (AvgIpc) is 2.78. The van der Waals surface area contributed by atoms with Gasteiger partial charge in [-0.1, -0.05) is 0 Å². The molecule has 2 N–H and O–H groups in total. The fourth-order valence-corrected chi connectivity index (χ4v) is 4.46. The normalized spacial score (nSPS) is 24.0. The molecular weight excluding hydrogens is 226 g/mol. The van der Waals surface area contributed by atoms with Crippen molar-refractivity contribution in [1.82, 2.24) is 9.78 Å². The number of hydrogen-bond acceptors (Lipinski definition) is 4. The summed E-state index contributed by atoms with van der Waals surface area (Å²) in [6.45, 7) is 3.01. The van der Waals surface area contributed by atoms with Gasteiger partial charge < -0.3 is 5.73 Å². The lowest BCUT2D eigenvalue weighted by atomic mass is 10.1. The van der Waals surface area contributed by atoms with Crippen LogP contribution >= 0.6 is 23.5 Å². The molecule has 2 heterocycles. The summed E-state index contributed by atoms with van der Waals surface area (Å²) in [5.74, 6) is 3.66. The van der Waals surface area contributed by atoms with Crippen LogP contribution in [0.25, 0.3) is 0 Å². The number of hydrogen-bond donors (Lipinski definition) is 1. The lowest BCUT2D eigenvalue weighted by Gasteiger charge is -2.25. The van der Waals surface area contributed by atoms with E-state index in [2.05, 4.69) is 18.2 Å². The zero-order chi connectivity index (χ0) is 10.7. The van der Waals surface area contributed by atoms with Crippen molar-refractivity contribution in [1.29, 1.82) is 0 Å². The molecule has 0 saturated carbocycles. The number of aromatic nitrogens is 2. The Balaban J connectivity index is 2.02. The lowest BCUT2D eigenvalue weighted by Crippen LogP contribution is -2.28. The smallest absolute Gasteiger partial charge is 0.0537 e. The molecule has 2 rings (SSSR count). The van der Waals surface area contributed by atoms with E-state index in [-0.39, 0.29) is 6.04 Å². The van der Waals surface area contributed by atoms with Gasteiger partial charge in [0.15, 0.2) is 0 Å². The van der Waals surface area contributed by atoms with Crippen LogP contribution in [-0.4, -0.2) is 32.3 Å².